The molecule has 7 nitrogen and oxygen atoms in total. The van der Waals surface area contributed by atoms with E-state index in [1.165, 1.54) is 6.92 Å². The highest BCUT2D eigenvalue weighted by Gasteiger charge is 2.43. The Morgan fingerprint density at radius 3 is 2.00 bits per heavy atom. The van der Waals surface area contributed by atoms with Gasteiger partial charge in [-0.2, -0.15) is 0 Å². The van der Waals surface area contributed by atoms with Crippen LogP contribution in [0.3, 0.4) is 0 Å². The number of hydrogen-bond donors (Lipinski definition) is 1. The zero-order valence-corrected chi connectivity index (χ0v) is 13.8. The zero-order chi connectivity index (χ0) is 18.0. The van der Waals surface area contributed by atoms with E-state index in [2.05, 4.69) is 0 Å². The molecule has 2 N–H and O–H groups in total. The van der Waals surface area contributed by atoms with Gasteiger partial charge in [0.25, 0.3) is 17.7 Å². The number of amides is 3. The molecular formula is C17H20N2O5. The molecule has 0 unspecified atom stereocenters. The van der Waals surface area contributed by atoms with E-state index in [0.29, 0.717) is 0 Å². The van der Waals surface area contributed by atoms with E-state index in [0.717, 1.165) is 4.90 Å². The lowest BCUT2D eigenvalue weighted by atomic mass is 10.0. The van der Waals surface area contributed by atoms with Gasteiger partial charge in [-0.3, -0.25) is 19.3 Å². The molecule has 24 heavy (non-hydrogen) atoms. The van der Waals surface area contributed by atoms with Crippen LogP contribution in [0.15, 0.2) is 24.3 Å². The summed E-state index contributed by atoms with van der Waals surface area (Å²) in [6.07, 6.45) is -0.905. The van der Waals surface area contributed by atoms with Crippen LogP contribution in [0.2, 0.25) is 0 Å². The van der Waals surface area contributed by atoms with Crippen LogP contribution in [0.4, 0.5) is 0 Å². The molecule has 1 aliphatic rings. The minimum Gasteiger partial charge on any atom is -0.451 e. The third kappa shape index (κ3) is 3.29. The largest absolute Gasteiger partial charge is 0.451 e. The number of ether oxygens (including phenoxy) is 1. The first-order valence-corrected chi connectivity index (χ1v) is 7.70. The van der Waals surface area contributed by atoms with Crippen LogP contribution >= 0.6 is 0 Å². The number of nitrogens with zero attached hydrogens (tertiary/aromatic N) is 1. The molecule has 7 heteroatoms. The SMILES string of the molecule is CC(C)C[C@@H](C(=O)O[C@H](C)C(N)=O)N1C(=O)c2ccccc2C1=O. The minimum absolute atomic E-state index is 0.0238. The average molecular weight is 332 g/mol. The molecular weight excluding hydrogens is 312 g/mol. The number of hydrogen-bond acceptors (Lipinski definition) is 5. The summed E-state index contributed by atoms with van der Waals surface area (Å²) in [6, 6.07) is 5.29. The van der Waals surface area contributed by atoms with Gasteiger partial charge < -0.3 is 10.5 Å². The third-order valence-electron chi connectivity index (χ3n) is 3.80. The number of fused-ring (bicyclic) bond motifs is 1. The van der Waals surface area contributed by atoms with E-state index in [9.17, 15) is 19.2 Å². The molecule has 0 radical (unpaired) electrons. The van der Waals surface area contributed by atoms with Crippen molar-refractivity contribution >= 4 is 23.7 Å². The summed E-state index contributed by atoms with van der Waals surface area (Å²) in [7, 11) is 0. The maximum absolute atomic E-state index is 12.6. The number of imide groups is 1. The van der Waals surface area contributed by atoms with Gasteiger partial charge in [-0.25, -0.2) is 4.79 Å². The van der Waals surface area contributed by atoms with Crippen molar-refractivity contribution in [1.82, 2.24) is 4.90 Å². The quantitative estimate of drug-likeness (QED) is 0.620. The summed E-state index contributed by atoms with van der Waals surface area (Å²) in [5, 5.41) is 0. The highest BCUT2D eigenvalue weighted by molar-refractivity contribution is 6.22. The number of rotatable bonds is 6. The highest BCUT2D eigenvalue weighted by atomic mass is 16.5. The molecule has 1 aliphatic heterocycles. The second-order valence-electron chi connectivity index (χ2n) is 6.15. The summed E-state index contributed by atoms with van der Waals surface area (Å²) in [6.45, 7) is 5.06. The van der Waals surface area contributed by atoms with Gasteiger partial charge in [0, 0.05) is 0 Å². The van der Waals surface area contributed by atoms with Crippen LogP contribution in [0, 0.1) is 5.92 Å². The van der Waals surface area contributed by atoms with Crippen LogP contribution in [0.25, 0.3) is 0 Å². The van der Waals surface area contributed by atoms with E-state index in [-0.39, 0.29) is 23.5 Å². The topological polar surface area (TPSA) is 107 Å². The van der Waals surface area contributed by atoms with Crippen molar-refractivity contribution in [3.63, 3.8) is 0 Å². The Bertz CT molecular complexity index is 663. The van der Waals surface area contributed by atoms with Crippen molar-refractivity contribution in [3.05, 3.63) is 35.4 Å². The first-order chi connectivity index (χ1) is 11.2. The molecule has 2 rings (SSSR count). The second kappa shape index (κ2) is 6.82. The van der Waals surface area contributed by atoms with Crippen molar-refractivity contribution in [2.75, 3.05) is 0 Å². The Balaban J connectivity index is 2.32. The van der Waals surface area contributed by atoms with E-state index in [4.69, 9.17) is 10.5 Å². The fourth-order valence-corrected chi connectivity index (χ4v) is 2.56. The predicted octanol–water partition coefficient (Wildman–Crippen LogP) is 1.11. The van der Waals surface area contributed by atoms with E-state index in [1.807, 2.05) is 13.8 Å². The van der Waals surface area contributed by atoms with Crippen molar-refractivity contribution in [2.24, 2.45) is 11.7 Å². The van der Waals surface area contributed by atoms with Gasteiger partial charge >= 0.3 is 5.97 Å². The van der Waals surface area contributed by atoms with Gasteiger partial charge in [0.2, 0.25) is 0 Å². The normalized spacial score (nSPS) is 16.1. The smallest absolute Gasteiger partial charge is 0.330 e. The second-order valence-corrected chi connectivity index (χ2v) is 6.15. The number of carbonyl (C=O) groups is 4. The third-order valence-corrected chi connectivity index (χ3v) is 3.80. The highest BCUT2D eigenvalue weighted by Crippen LogP contribution is 2.27. The maximum atomic E-state index is 12.6. The van der Waals surface area contributed by atoms with Gasteiger partial charge in [-0.1, -0.05) is 26.0 Å². The number of primary amides is 1. The Morgan fingerprint density at radius 2 is 1.58 bits per heavy atom. The van der Waals surface area contributed by atoms with Crippen LogP contribution in [0.5, 0.6) is 0 Å². The molecule has 0 saturated heterocycles. The fraction of sp³-hybridized carbons (Fsp3) is 0.412. The minimum atomic E-state index is -1.14. The van der Waals surface area contributed by atoms with Crippen molar-refractivity contribution in [1.29, 1.82) is 0 Å². The van der Waals surface area contributed by atoms with Crippen molar-refractivity contribution < 1.29 is 23.9 Å². The molecule has 1 aromatic carbocycles. The Labute approximate surface area is 139 Å². The summed E-state index contributed by atoms with van der Waals surface area (Å²) in [5.41, 5.74) is 5.61. The average Bonchev–Trinajstić information content (AvgIpc) is 2.77. The first-order valence-electron chi connectivity index (χ1n) is 7.70. The standard InChI is InChI=1S/C17H20N2O5/c1-9(2)8-13(17(23)24-10(3)14(18)20)19-15(21)11-6-4-5-7-12(11)16(19)22/h4-7,9-10,13H,8H2,1-3H3,(H2,18,20)/t10-,13+/m1/s1. The number of esters is 1. The number of carbonyl (C=O) groups excluding carboxylic acids is 4. The summed E-state index contributed by atoms with van der Waals surface area (Å²) >= 11 is 0. The van der Waals surface area contributed by atoms with Gasteiger partial charge in [0.1, 0.15) is 6.04 Å². The molecule has 3 amide bonds. The first kappa shape index (κ1) is 17.7. The lowest BCUT2D eigenvalue weighted by molar-refractivity contribution is -0.158. The molecule has 0 bridgehead atoms. The molecule has 1 heterocycles. The van der Waals surface area contributed by atoms with Crippen molar-refractivity contribution in [2.45, 2.75) is 39.3 Å². The van der Waals surface area contributed by atoms with Crippen molar-refractivity contribution in [3.8, 4) is 0 Å². The zero-order valence-electron chi connectivity index (χ0n) is 13.8. The van der Waals surface area contributed by atoms with Gasteiger partial charge in [-0.15, -0.1) is 0 Å². The molecule has 0 aromatic heterocycles. The summed E-state index contributed by atoms with van der Waals surface area (Å²) in [4.78, 5) is 49.6. The van der Waals surface area contributed by atoms with E-state index in [1.54, 1.807) is 24.3 Å². The summed E-state index contributed by atoms with van der Waals surface area (Å²) in [5.74, 6) is -2.66. The lowest BCUT2D eigenvalue weighted by Gasteiger charge is -2.26. The summed E-state index contributed by atoms with van der Waals surface area (Å²) < 4.78 is 5.02. The monoisotopic (exact) mass is 332 g/mol. The van der Waals surface area contributed by atoms with Crippen LogP contribution in [0.1, 0.15) is 47.9 Å². The molecule has 0 saturated carbocycles. The van der Waals surface area contributed by atoms with Crippen LogP contribution < -0.4 is 5.73 Å². The number of nitrogens with two attached hydrogens (primary N) is 1. The van der Waals surface area contributed by atoms with Crippen LogP contribution in [-0.2, 0) is 14.3 Å². The Kier molecular flexibility index (Phi) is 5.02. The predicted molar refractivity (Wildman–Crippen MR) is 84.9 cm³/mol. The van der Waals surface area contributed by atoms with E-state index < -0.39 is 35.8 Å². The molecule has 1 aromatic rings. The molecule has 128 valence electrons. The molecule has 0 spiro atoms. The molecule has 0 fully saturated rings. The molecule has 2 atom stereocenters. The number of benzene rings is 1. The fourth-order valence-electron chi connectivity index (χ4n) is 2.56. The lowest BCUT2D eigenvalue weighted by Crippen LogP contribution is -2.48. The Morgan fingerprint density at radius 1 is 1.08 bits per heavy atom. The van der Waals surface area contributed by atoms with Gasteiger partial charge in [-0.05, 0) is 31.4 Å². The van der Waals surface area contributed by atoms with Crippen LogP contribution in [-0.4, -0.2) is 40.7 Å². The van der Waals surface area contributed by atoms with Gasteiger partial charge in [0.15, 0.2) is 6.10 Å². The van der Waals surface area contributed by atoms with Gasteiger partial charge in [0.05, 0.1) is 11.1 Å². The van der Waals surface area contributed by atoms with E-state index >= 15 is 0 Å². The Hall–Kier alpha value is -2.70. The maximum Gasteiger partial charge on any atom is 0.330 e. The molecule has 0 aliphatic carbocycles.